The van der Waals surface area contributed by atoms with Crippen LogP contribution in [0.15, 0.2) is 60.7 Å². The Morgan fingerprint density at radius 3 is 2.48 bits per heavy atom. The maximum absolute atomic E-state index is 12.0. The van der Waals surface area contributed by atoms with Crippen LogP contribution in [0, 0.1) is 10.1 Å². The van der Waals surface area contributed by atoms with Crippen LogP contribution in [-0.4, -0.2) is 23.4 Å². The molecule has 0 spiro atoms. The number of nitro groups is 1. The Morgan fingerprint density at radius 2 is 1.78 bits per heavy atom. The summed E-state index contributed by atoms with van der Waals surface area (Å²) in [5.41, 5.74) is 0.273. The third-order valence-electron chi connectivity index (χ3n) is 3.75. The molecule has 0 aliphatic carbocycles. The van der Waals surface area contributed by atoms with Crippen molar-refractivity contribution in [1.82, 2.24) is 0 Å². The van der Waals surface area contributed by atoms with Crippen LogP contribution in [0.3, 0.4) is 0 Å². The number of ether oxygens (including phenoxy) is 1. The molecule has 27 heavy (non-hydrogen) atoms. The number of nitro benzene ring substituents is 1. The number of fused-ring (bicyclic) bond motifs is 1. The first kappa shape index (κ1) is 18.3. The Bertz CT molecular complexity index is 1050. The van der Waals surface area contributed by atoms with Crippen LogP contribution in [0.1, 0.15) is 10.4 Å². The molecular weight excluding hydrogens is 372 g/mol. The van der Waals surface area contributed by atoms with E-state index in [1.807, 2.05) is 36.4 Å². The van der Waals surface area contributed by atoms with Gasteiger partial charge >= 0.3 is 5.97 Å². The highest BCUT2D eigenvalue weighted by molar-refractivity contribution is 6.33. The zero-order valence-corrected chi connectivity index (χ0v) is 14.6. The number of nitrogens with one attached hydrogen (secondary N) is 1. The largest absolute Gasteiger partial charge is 0.452 e. The van der Waals surface area contributed by atoms with E-state index in [1.165, 1.54) is 6.07 Å². The standard InChI is InChI=1S/C19H13ClN2O5/c20-17-10-15(22(25)26)7-8-16(17)19(24)27-11-18(23)21-14-6-5-12-3-1-2-4-13(12)9-14/h1-10H,11H2,(H,21,23). The van der Waals surface area contributed by atoms with Crippen molar-refractivity contribution in [1.29, 1.82) is 0 Å². The molecule has 136 valence electrons. The summed E-state index contributed by atoms with van der Waals surface area (Å²) < 4.78 is 4.93. The normalized spacial score (nSPS) is 10.4. The van der Waals surface area contributed by atoms with Gasteiger partial charge in [-0.3, -0.25) is 14.9 Å². The van der Waals surface area contributed by atoms with Crippen LogP contribution in [0.5, 0.6) is 0 Å². The molecule has 3 rings (SSSR count). The molecule has 0 saturated carbocycles. The van der Waals surface area contributed by atoms with Crippen LogP contribution in [0.4, 0.5) is 11.4 Å². The summed E-state index contributed by atoms with van der Waals surface area (Å²) in [5.74, 6) is -1.36. The number of amides is 1. The number of esters is 1. The van der Waals surface area contributed by atoms with Crippen LogP contribution in [0.25, 0.3) is 10.8 Å². The third-order valence-corrected chi connectivity index (χ3v) is 4.06. The Kier molecular flexibility index (Phi) is 5.33. The zero-order chi connectivity index (χ0) is 19.4. The molecule has 0 unspecified atom stereocenters. The summed E-state index contributed by atoms with van der Waals surface area (Å²) in [5, 5.41) is 15.2. The van der Waals surface area contributed by atoms with Crippen molar-refractivity contribution in [2.24, 2.45) is 0 Å². The van der Waals surface area contributed by atoms with Gasteiger partial charge in [-0.2, -0.15) is 0 Å². The summed E-state index contributed by atoms with van der Waals surface area (Å²) >= 11 is 5.86. The van der Waals surface area contributed by atoms with E-state index in [9.17, 15) is 19.7 Å². The molecular formula is C19H13ClN2O5. The van der Waals surface area contributed by atoms with Crippen LogP contribution >= 0.6 is 11.6 Å². The van der Waals surface area contributed by atoms with Crippen molar-refractivity contribution in [2.75, 3.05) is 11.9 Å². The van der Waals surface area contributed by atoms with Crippen molar-refractivity contribution in [2.45, 2.75) is 0 Å². The van der Waals surface area contributed by atoms with E-state index < -0.39 is 23.4 Å². The highest BCUT2D eigenvalue weighted by atomic mass is 35.5. The number of halogens is 1. The fourth-order valence-electron chi connectivity index (χ4n) is 2.46. The van der Waals surface area contributed by atoms with E-state index >= 15 is 0 Å². The quantitative estimate of drug-likeness (QED) is 0.404. The fourth-order valence-corrected chi connectivity index (χ4v) is 2.71. The number of carbonyl (C=O) groups excluding carboxylic acids is 2. The Balaban J connectivity index is 1.61. The van der Waals surface area contributed by atoms with Crippen molar-refractivity contribution in [3.8, 4) is 0 Å². The SMILES string of the molecule is O=C(COC(=O)c1ccc([N+](=O)[O-])cc1Cl)Nc1ccc2ccccc2c1. The maximum atomic E-state index is 12.0. The molecule has 0 radical (unpaired) electrons. The Hall–Kier alpha value is -3.45. The van der Waals surface area contributed by atoms with Gasteiger partial charge in [0.25, 0.3) is 11.6 Å². The van der Waals surface area contributed by atoms with E-state index in [-0.39, 0.29) is 16.3 Å². The van der Waals surface area contributed by atoms with Gasteiger partial charge in [0.1, 0.15) is 0 Å². The number of nitrogens with zero attached hydrogens (tertiary/aromatic N) is 1. The fraction of sp³-hybridized carbons (Fsp3) is 0.0526. The second kappa shape index (κ2) is 7.84. The topological polar surface area (TPSA) is 98.5 Å². The maximum Gasteiger partial charge on any atom is 0.340 e. The van der Waals surface area contributed by atoms with Gasteiger partial charge in [0.2, 0.25) is 0 Å². The van der Waals surface area contributed by atoms with Crippen molar-refractivity contribution < 1.29 is 19.2 Å². The Labute approximate surface area is 158 Å². The number of non-ortho nitro benzene ring substituents is 1. The van der Waals surface area contributed by atoms with Gasteiger partial charge in [0.15, 0.2) is 6.61 Å². The highest BCUT2D eigenvalue weighted by Gasteiger charge is 2.17. The minimum absolute atomic E-state index is 0.0548. The summed E-state index contributed by atoms with van der Waals surface area (Å²) in [6.07, 6.45) is 0. The van der Waals surface area contributed by atoms with Crippen molar-refractivity contribution >= 4 is 45.6 Å². The second-order valence-electron chi connectivity index (χ2n) is 5.61. The number of hydrogen-bond acceptors (Lipinski definition) is 5. The lowest BCUT2D eigenvalue weighted by molar-refractivity contribution is -0.384. The predicted molar refractivity (Wildman–Crippen MR) is 101 cm³/mol. The monoisotopic (exact) mass is 384 g/mol. The van der Waals surface area contributed by atoms with Gasteiger partial charge in [-0.15, -0.1) is 0 Å². The highest BCUT2D eigenvalue weighted by Crippen LogP contribution is 2.23. The molecule has 3 aromatic rings. The minimum atomic E-state index is -0.844. The lowest BCUT2D eigenvalue weighted by Crippen LogP contribution is -2.21. The van der Waals surface area contributed by atoms with Crippen LogP contribution in [-0.2, 0) is 9.53 Å². The van der Waals surface area contributed by atoms with Gasteiger partial charge in [0, 0.05) is 17.8 Å². The van der Waals surface area contributed by atoms with E-state index in [4.69, 9.17) is 16.3 Å². The number of carbonyl (C=O) groups is 2. The molecule has 0 saturated heterocycles. The smallest absolute Gasteiger partial charge is 0.340 e. The minimum Gasteiger partial charge on any atom is -0.452 e. The summed E-state index contributed by atoms with van der Waals surface area (Å²) in [6.45, 7) is -0.515. The second-order valence-corrected chi connectivity index (χ2v) is 6.01. The van der Waals surface area contributed by atoms with E-state index in [0.717, 1.165) is 22.9 Å². The van der Waals surface area contributed by atoms with Gasteiger partial charge in [0.05, 0.1) is 15.5 Å². The van der Waals surface area contributed by atoms with E-state index in [2.05, 4.69) is 5.32 Å². The molecule has 0 fully saturated rings. The average Bonchev–Trinajstić information content (AvgIpc) is 2.66. The van der Waals surface area contributed by atoms with E-state index in [0.29, 0.717) is 5.69 Å². The number of benzene rings is 3. The third kappa shape index (κ3) is 4.39. The summed E-state index contributed by atoms with van der Waals surface area (Å²) in [7, 11) is 0. The van der Waals surface area contributed by atoms with Crippen LogP contribution < -0.4 is 5.32 Å². The molecule has 0 bridgehead atoms. The first-order chi connectivity index (χ1) is 12.9. The molecule has 1 N–H and O–H groups in total. The van der Waals surface area contributed by atoms with Crippen molar-refractivity contribution in [3.05, 3.63) is 81.4 Å². The lowest BCUT2D eigenvalue weighted by atomic mass is 10.1. The molecule has 0 aromatic heterocycles. The molecule has 0 aliphatic rings. The number of anilines is 1. The van der Waals surface area contributed by atoms with Gasteiger partial charge in [-0.1, -0.05) is 41.9 Å². The zero-order valence-electron chi connectivity index (χ0n) is 13.8. The first-order valence-electron chi connectivity index (χ1n) is 7.84. The number of hydrogen-bond donors (Lipinski definition) is 1. The van der Waals surface area contributed by atoms with Crippen molar-refractivity contribution in [3.63, 3.8) is 0 Å². The molecule has 0 heterocycles. The molecule has 0 atom stereocenters. The molecule has 3 aromatic carbocycles. The molecule has 8 heteroatoms. The molecule has 7 nitrogen and oxygen atoms in total. The van der Waals surface area contributed by atoms with Gasteiger partial charge in [-0.25, -0.2) is 4.79 Å². The van der Waals surface area contributed by atoms with E-state index in [1.54, 1.807) is 6.07 Å². The van der Waals surface area contributed by atoms with Gasteiger partial charge in [-0.05, 0) is 29.0 Å². The molecule has 0 aliphatic heterocycles. The lowest BCUT2D eigenvalue weighted by Gasteiger charge is -2.08. The summed E-state index contributed by atoms with van der Waals surface area (Å²) in [6, 6.07) is 16.5. The predicted octanol–water partition coefficient (Wildman–Crippen LogP) is 4.20. The number of rotatable bonds is 5. The molecule has 1 amide bonds. The van der Waals surface area contributed by atoms with Crippen LogP contribution in [0.2, 0.25) is 5.02 Å². The first-order valence-corrected chi connectivity index (χ1v) is 8.21. The summed E-state index contributed by atoms with van der Waals surface area (Å²) in [4.78, 5) is 34.1. The average molecular weight is 385 g/mol. The Morgan fingerprint density at radius 1 is 1.04 bits per heavy atom. The van der Waals surface area contributed by atoms with Gasteiger partial charge < -0.3 is 10.1 Å².